The maximum atomic E-state index is 10.9. The first-order chi connectivity index (χ1) is 13.8. The Hall–Kier alpha value is -1.82. The van der Waals surface area contributed by atoms with Crippen molar-refractivity contribution >= 4 is 11.9 Å². The lowest BCUT2D eigenvalue weighted by molar-refractivity contribution is -0.139. The van der Waals surface area contributed by atoms with Gasteiger partial charge in [-0.15, -0.1) is 0 Å². The van der Waals surface area contributed by atoms with E-state index in [2.05, 4.69) is 55.8 Å². The van der Waals surface area contributed by atoms with Gasteiger partial charge in [0.25, 0.3) is 0 Å². The minimum absolute atomic E-state index is 0.0323. The van der Waals surface area contributed by atoms with Crippen LogP contribution in [0, 0.1) is 11.3 Å². The highest BCUT2D eigenvalue weighted by Crippen LogP contribution is 2.25. The van der Waals surface area contributed by atoms with Crippen LogP contribution in [-0.4, -0.2) is 51.3 Å². The number of ether oxygens (including phenoxy) is 2. The SMILES string of the molecule is C=CC(=O)OCCNONCCC(C)CC(C)(C)CNONCCOC(=O)C=C. The molecule has 168 valence electrons. The number of esters is 2. The summed E-state index contributed by atoms with van der Waals surface area (Å²) in [5.74, 6) is -0.441. The van der Waals surface area contributed by atoms with Gasteiger partial charge in [-0.05, 0) is 24.2 Å². The summed E-state index contributed by atoms with van der Waals surface area (Å²) in [5.41, 5.74) is 11.1. The van der Waals surface area contributed by atoms with Crippen LogP contribution in [0.5, 0.6) is 0 Å². The number of hydrogen-bond donors (Lipinski definition) is 4. The van der Waals surface area contributed by atoms with E-state index in [1.165, 1.54) is 0 Å². The summed E-state index contributed by atoms with van der Waals surface area (Å²) >= 11 is 0. The molecule has 10 nitrogen and oxygen atoms in total. The molecule has 0 spiro atoms. The number of carbonyl (C=O) groups excluding carboxylic acids is 2. The fraction of sp³-hybridized carbons (Fsp3) is 0.684. The third kappa shape index (κ3) is 18.0. The number of hydroxylamine groups is 4. The van der Waals surface area contributed by atoms with Crippen molar-refractivity contribution in [3.05, 3.63) is 25.3 Å². The van der Waals surface area contributed by atoms with Crippen LogP contribution in [-0.2, 0) is 28.9 Å². The highest BCUT2D eigenvalue weighted by atomic mass is 16.8. The molecule has 0 aliphatic heterocycles. The molecular weight excluding hydrogens is 380 g/mol. The van der Waals surface area contributed by atoms with E-state index in [4.69, 9.17) is 19.4 Å². The van der Waals surface area contributed by atoms with E-state index in [-0.39, 0.29) is 18.6 Å². The standard InChI is InChI=1S/C19H36N4O6/c1-6-17(24)26-12-10-21-28-20-9-8-16(3)14-19(4,5)15-23-29-22-11-13-27-18(25)7-2/h6-7,16,20-23H,1-2,8-15H2,3-5H3. The van der Waals surface area contributed by atoms with Crippen molar-refractivity contribution in [1.29, 1.82) is 0 Å². The average Bonchev–Trinajstić information content (AvgIpc) is 2.68. The molecule has 0 heterocycles. The Morgan fingerprint density at radius 2 is 1.38 bits per heavy atom. The molecule has 0 saturated carbocycles. The van der Waals surface area contributed by atoms with Crippen LogP contribution in [0.4, 0.5) is 0 Å². The normalized spacial score (nSPS) is 12.2. The van der Waals surface area contributed by atoms with E-state index in [0.29, 0.717) is 32.1 Å². The smallest absolute Gasteiger partial charge is 0.330 e. The molecule has 0 saturated heterocycles. The van der Waals surface area contributed by atoms with Gasteiger partial charge < -0.3 is 9.47 Å². The van der Waals surface area contributed by atoms with Gasteiger partial charge in [-0.3, -0.25) is 0 Å². The minimum Gasteiger partial charge on any atom is -0.461 e. The second-order valence-corrected chi connectivity index (χ2v) is 7.21. The summed E-state index contributed by atoms with van der Waals surface area (Å²) in [4.78, 5) is 31.9. The number of carbonyl (C=O) groups is 2. The van der Waals surface area contributed by atoms with Crippen LogP contribution in [0.15, 0.2) is 25.3 Å². The van der Waals surface area contributed by atoms with Gasteiger partial charge in [0.15, 0.2) is 0 Å². The summed E-state index contributed by atoms with van der Waals surface area (Å²) in [6, 6.07) is 0. The second-order valence-electron chi connectivity index (χ2n) is 7.21. The second kappa shape index (κ2) is 17.1. The van der Waals surface area contributed by atoms with E-state index in [1.807, 2.05) is 0 Å². The van der Waals surface area contributed by atoms with E-state index in [0.717, 1.165) is 25.0 Å². The molecule has 0 aliphatic rings. The van der Waals surface area contributed by atoms with E-state index >= 15 is 0 Å². The third-order valence-corrected chi connectivity index (χ3v) is 3.71. The minimum atomic E-state index is -0.459. The molecule has 29 heavy (non-hydrogen) atoms. The van der Waals surface area contributed by atoms with Crippen molar-refractivity contribution in [2.45, 2.75) is 33.6 Å². The molecule has 0 fully saturated rings. The van der Waals surface area contributed by atoms with Gasteiger partial charge in [0, 0.05) is 25.2 Å². The molecular formula is C19H36N4O6. The van der Waals surface area contributed by atoms with Crippen molar-refractivity contribution in [2.24, 2.45) is 11.3 Å². The van der Waals surface area contributed by atoms with Gasteiger partial charge in [-0.1, -0.05) is 33.9 Å². The molecule has 0 rings (SSSR count). The molecule has 4 N–H and O–H groups in total. The Labute approximate surface area is 173 Å². The lowest BCUT2D eigenvalue weighted by atomic mass is 9.82. The molecule has 0 aliphatic carbocycles. The Balaban J connectivity index is 3.61. The van der Waals surface area contributed by atoms with Crippen LogP contribution >= 0.6 is 0 Å². The molecule has 1 unspecified atom stereocenters. The zero-order valence-electron chi connectivity index (χ0n) is 17.8. The first kappa shape index (κ1) is 27.2. The quantitative estimate of drug-likeness (QED) is 0.105. The fourth-order valence-corrected chi connectivity index (χ4v) is 2.41. The molecule has 10 heteroatoms. The molecule has 0 amide bonds. The Morgan fingerprint density at radius 3 is 1.90 bits per heavy atom. The Kier molecular flexibility index (Phi) is 16.0. The third-order valence-electron chi connectivity index (χ3n) is 3.71. The van der Waals surface area contributed by atoms with Crippen molar-refractivity contribution < 1.29 is 28.9 Å². The van der Waals surface area contributed by atoms with Crippen LogP contribution < -0.4 is 21.9 Å². The zero-order chi connectivity index (χ0) is 22.0. The van der Waals surface area contributed by atoms with Crippen molar-refractivity contribution in [3.8, 4) is 0 Å². The zero-order valence-corrected chi connectivity index (χ0v) is 17.8. The number of hydrogen-bond acceptors (Lipinski definition) is 10. The van der Waals surface area contributed by atoms with Gasteiger partial charge in [0.2, 0.25) is 0 Å². The van der Waals surface area contributed by atoms with Gasteiger partial charge in [-0.25, -0.2) is 19.5 Å². The van der Waals surface area contributed by atoms with Gasteiger partial charge in [0.05, 0.1) is 13.1 Å². The van der Waals surface area contributed by atoms with Crippen LogP contribution in [0.25, 0.3) is 0 Å². The summed E-state index contributed by atoms with van der Waals surface area (Å²) in [6.45, 7) is 15.6. The fourth-order valence-electron chi connectivity index (χ4n) is 2.41. The van der Waals surface area contributed by atoms with E-state index < -0.39 is 11.9 Å². The first-order valence-electron chi connectivity index (χ1n) is 9.62. The predicted octanol–water partition coefficient (Wildman–Crippen LogP) is 0.939. The van der Waals surface area contributed by atoms with Crippen molar-refractivity contribution in [3.63, 3.8) is 0 Å². The van der Waals surface area contributed by atoms with Crippen molar-refractivity contribution in [2.75, 3.05) is 39.4 Å². The number of rotatable bonds is 19. The topological polar surface area (TPSA) is 119 Å². The first-order valence-corrected chi connectivity index (χ1v) is 9.62. The lowest BCUT2D eigenvalue weighted by Crippen LogP contribution is -2.36. The van der Waals surface area contributed by atoms with Crippen LogP contribution in [0.3, 0.4) is 0 Å². The lowest BCUT2D eigenvalue weighted by Gasteiger charge is -2.28. The van der Waals surface area contributed by atoms with Crippen LogP contribution in [0.1, 0.15) is 33.6 Å². The van der Waals surface area contributed by atoms with Gasteiger partial charge in [-0.2, -0.15) is 21.9 Å². The summed E-state index contributed by atoms with van der Waals surface area (Å²) < 4.78 is 9.60. The number of nitrogens with one attached hydrogen (secondary N) is 4. The highest BCUT2D eigenvalue weighted by Gasteiger charge is 2.21. The Morgan fingerprint density at radius 1 is 0.897 bits per heavy atom. The molecule has 0 aromatic rings. The van der Waals surface area contributed by atoms with Crippen molar-refractivity contribution in [1.82, 2.24) is 21.9 Å². The predicted molar refractivity (Wildman–Crippen MR) is 109 cm³/mol. The summed E-state index contributed by atoms with van der Waals surface area (Å²) in [5, 5.41) is 0. The molecule has 0 bridgehead atoms. The average molecular weight is 417 g/mol. The van der Waals surface area contributed by atoms with Crippen LogP contribution in [0.2, 0.25) is 0 Å². The monoisotopic (exact) mass is 416 g/mol. The molecule has 1 atom stereocenters. The summed E-state index contributed by atoms with van der Waals surface area (Å²) in [6.07, 6.45) is 4.16. The molecule has 0 aromatic carbocycles. The molecule has 0 aromatic heterocycles. The maximum absolute atomic E-state index is 10.9. The largest absolute Gasteiger partial charge is 0.461 e. The van der Waals surface area contributed by atoms with E-state index in [9.17, 15) is 9.59 Å². The van der Waals surface area contributed by atoms with E-state index in [1.54, 1.807) is 0 Å². The molecule has 0 radical (unpaired) electrons. The Bertz CT molecular complexity index is 487. The summed E-state index contributed by atoms with van der Waals surface area (Å²) in [7, 11) is 0. The van der Waals surface area contributed by atoms with Gasteiger partial charge in [0.1, 0.15) is 13.2 Å². The maximum Gasteiger partial charge on any atom is 0.330 e. The highest BCUT2D eigenvalue weighted by molar-refractivity contribution is 5.81. The van der Waals surface area contributed by atoms with Gasteiger partial charge >= 0.3 is 11.9 Å².